The van der Waals surface area contributed by atoms with Crippen LogP contribution in [0.25, 0.3) is 0 Å². The highest BCUT2D eigenvalue weighted by atomic mass is 19.4. The number of methoxy groups -OCH3 is 1. The normalized spacial score (nSPS) is 26.5. The van der Waals surface area contributed by atoms with Crippen molar-refractivity contribution in [3.63, 3.8) is 0 Å². The lowest BCUT2D eigenvalue weighted by molar-refractivity contribution is -0.259. The van der Waals surface area contributed by atoms with E-state index in [-0.39, 0.29) is 29.9 Å². The van der Waals surface area contributed by atoms with Crippen molar-refractivity contribution < 1.29 is 37.3 Å². The van der Waals surface area contributed by atoms with Crippen molar-refractivity contribution in [2.24, 2.45) is 28.6 Å². The molecule has 3 rings (SSSR count). The predicted molar refractivity (Wildman–Crippen MR) is 150 cm³/mol. The summed E-state index contributed by atoms with van der Waals surface area (Å²) in [5.74, 6) is 0.783. The summed E-state index contributed by atoms with van der Waals surface area (Å²) in [5, 5.41) is 9.41. The Hall–Kier alpha value is -1.31. The molecule has 234 valence electrons. The van der Waals surface area contributed by atoms with E-state index in [2.05, 4.69) is 6.92 Å². The lowest BCUT2D eigenvalue weighted by Crippen LogP contribution is -2.44. The molecule has 3 aliphatic rings. The van der Waals surface area contributed by atoms with Gasteiger partial charge in [-0.05, 0) is 123 Å². The summed E-state index contributed by atoms with van der Waals surface area (Å²) in [4.78, 5) is 24.8. The van der Waals surface area contributed by atoms with E-state index in [4.69, 9.17) is 9.47 Å². The SMILES string of the molecule is CC(O)(CC1CC2CCC1C2)C(F)(F)F.CCC1(OC(=O)C(C)(C)CCC(C)(C)C(=O)OC)CCCCCCC1. The first-order valence-corrected chi connectivity index (χ1v) is 15.5. The number of ether oxygens (including phenoxy) is 2. The van der Waals surface area contributed by atoms with Gasteiger partial charge in [0.15, 0.2) is 5.60 Å². The highest BCUT2D eigenvalue weighted by Crippen LogP contribution is 2.52. The van der Waals surface area contributed by atoms with Crippen molar-refractivity contribution in [1.82, 2.24) is 0 Å². The molecule has 0 spiro atoms. The van der Waals surface area contributed by atoms with Crippen molar-refractivity contribution in [1.29, 1.82) is 0 Å². The first-order chi connectivity index (χ1) is 18.4. The Morgan fingerprint density at radius 1 is 0.850 bits per heavy atom. The summed E-state index contributed by atoms with van der Waals surface area (Å²) in [6.45, 7) is 10.6. The Bertz CT molecular complexity index is 825. The van der Waals surface area contributed by atoms with E-state index in [1.807, 2.05) is 27.7 Å². The van der Waals surface area contributed by atoms with E-state index in [9.17, 15) is 27.9 Å². The second-order valence-corrected chi connectivity index (χ2v) is 14.4. The number of carbonyl (C=O) groups excluding carboxylic acids is 2. The van der Waals surface area contributed by atoms with Crippen LogP contribution in [0.2, 0.25) is 0 Å². The van der Waals surface area contributed by atoms with Crippen LogP contribution in [0.3, 0.4) is 0 Å². The van der Waals surface area contributed by atoms with Crippen molar-refractivity contribution >= 4 is 11.9 Å². The first-order valence-electron chi connectivity index (χ1n) is 15.5. The molecule has 4 atom stereocenters. The summed E-state index contributed by atoms with van der Waals surface area (Å²) in [6, 6.07) is 0. The topological polar surface area (TPSA) is 72.8 Å². The molecule has 0 aliphatic heterocycles. The molecule has 4 unspecified atom stereocenters. The fourth-order valence-corrected chi connectivity index (χ4v) is 6.77. The van der Waals surface area contributed by atoms with Crippen LogP contribution in [0.15, 0.2) is 0 Å². The zero-order valence-corrected chi connectivity index (χ0v) is 26.1. The van der Waals surface area contributed by atoms with Gasteiger partial charge in [-0.3, -0.25) is 9.59 Å². The highest BCUT2D eigenvalue weighted by Gasteiger charge is 2.53. The summed E-state index contributed by atoms with van der Waals surface area (Å²) < 4.78 is 48.4. The van der Waals surface area contributed by atoms with Crippen molar-refractivity contribution in [2.45, 2.75) is 155 Å². The molecule has 3 aliphatic carbocycles. The van der Waals surface area contributed by atoms with Crippen LogP contribution >= 0.6 is 0 Å². The van der Waals surface area contributed by atoms with Gasteiger partial charge >= 0.3 is 18.1 Å². The molecule has 0 heterocycles. The number of aliphatic hydroxyl groups is 1. The maximum Gasteiger partial charge on any atom is 0.416 e. The van der Waals surface area contributed by atoms with Crippen LogP contribution in [0.4, 0.5) is 13.2 Å². The average Bonchev–Trinajstić information content (AvgIpc) is 3.47. The summed E-state index contributed by atoms with van der Waals surface area (Å²) in [7, 11) is 1.41. The van der Waals surface area contributed by atoms with Crippen molar-refractivity contribution in [3.8, 4) is 0 Å². The molecule has 2 bridgehead atoms. The Kier molecular flexibility index (Phi) is 12.0. The van der Waals surface area contributed by atoms with Gasteiger partial charge in [0, 0.05) is 0 Å². The molecular weight excluding hydrogens is 521 g/mol. The zero-order valence-electron chi connectivity index (χ0n) is 26.1. The second kappa shape index (κ2) is 13.8. The zero-order chi connectivity index (χ0) is 30.4. The van der Waals surface area contributed by atoms with Gasteiger partial charge in [0.05, 0.1) is 17.9 Å². The average molecular weight is 577 g/mol. The van der Waals surface area contributed by atoms with E-state index in [0.29, 0.717) is 24.7 Å². The van der Waals surface area contributed by atoms with Crippen molar-refractivity contribution in [3.05, 3.63) is 0 Å². The third-order valence-electron chi connectivity index (χ3n) is 10.0. The largest absolute Gasteiger partial charge is 0.469 e. The van der Waals surface area contributed by atoms with Gasteiger partial charge in [-0.25, -0.2) is 0 Å². The maximum absolute atomic E-state index is 12.9. The standard InChI is InChI=1S/C21H38O4.C11H17F3O/c1-7-21(13-11-9-8-10-12-14-21)25-18(23)20(4,5)16-15-19(2,3)17(22)24-6;1-10(15,11(12,13)14)6-9-5-7-2-3-8(9)4-7/h7-16H2,1-6H3;7-9,15H,2-6H2,1H3. The van der Waals surface area contributed by atoms with E-state index >= 15 is 0 Å². The smallest absolute Gasteiger partial charge is 0.416 e. The van der Waals surface area contributed by atoms with Gasteiger partial charge in [0.1, 0.15) is 5.60 Å². The minimum atomic E-state index is -4.49. The van der Waals surface area contributed by atoms with E-state index in [0.717, 1.165) is 58.3 Å². The number of carbonyl (C=O) groups is 2. The summed E-state index contributed by atoms with van der Waals surface area (Å²) in [6.07, 6.45) is 9.65. The molecule has 1 N–H and O–H groups in total. The quantitative estimate of drug-likeness (QED) is 0.278. The first kappa shape index (κ1) is 34.9. The predicted octanol–water partition coefficient (Wildman–Crippen LogP) is 8.55. The number of fused-ring (bicyclic) bond motifs is 2. The van der Waals surface area contributed by atoms with Gasteiger partial charge in [0.25, 0.3) is 0 Å². The van der Waals surface area contributed by atoms with Crippen LogP contribution in [0.5, 0.6) is 0 Å². The fourth-order valence-electron chi connectivity index (χ4n) is 6.77. The van der Waals surface area contributed by atoms with Crippen LogP contribution in [-0.2, 0) is 19.1 Å². The van der Waals surface area contributed by atoms with Gasteiger partial charge in [0.2, 0.25) is 0 Å². The van der Waals surface area contributed by atoms with Gasteiger partial charge < -0.3 is 14.6 Å². The third-order valence-corrected chi connectivity index (χ3v) is 10.0. The monoisotopic (exact) mass is 576 g/mol. The van der Waals surface area contributed by atoms with E-state index < -0.39 is 22.6 Å². The molecule has 0 aromatic carbocycles. The van der Waals surface area contributed by atoms with Crippen molar-refractivity contribution in [2.75, 3.05) is 7.11 Å². The number of halogens is 3. The second-order valence-electron chi connectivity index (χ2n) is 14.4. The molecule has 0 amide bonds. The Labute approximate surface area is 240 Å². The molecule has 0 aromatic heterocycles. The molecule has 5 nitrogen and oxygen atoms in total. The number of rotatable bonds is 9. The number of hydrogen-bond acceptors (Lipinski definition) is 5. The molecule has 3 fully saturated rings. The lowest BCUT2D eigenvalue weighted by Gasteiger charge is -2.37. The number of hydrogen-bond donors (Lipinski definition) is 1. The van der Waals surface area contributed by atoms with Gasteiger partial charge in [-0.2, -0.15) is 13.2 Å². The van der Waals surface area contributed by atoms with Crippen LogP contribution in [-0.4, -0.2) is 41.5 Å². The van der Waals surface area contributed by atoms with E-state index in [1.54, 1.807) is 0 Å². The molecular formula is C32H55F3O5. The number of alkyl halides is 3. The molecule has 8 heteroatoms. The Morgan fingerprint density at radius 2 is 1.38 bits per heavy atom. The fraction of sp³-hybridized carbons (Fsp3) is 0.938. The molecule has 3 saturated carbocycles. The van der Waals surface area contributed by atoms with Gasteiger partial charge in [-0.15, -0.1) is 0 Å². The molecule has 0 radical (unpaired) electrons. The van der Waals surface area contributed by atoms with E-state index in [1.165, 1.54) is 32.8 Å². The van der Waals surface area contributed by atoms with Gasteiger partial charge in [-0.1, -0.05) is 32.6 Å². The Morgan fingerprint density at radius 3 is 1.80 bits per heavy atom. The Balaban J connectivity index is 0.000000315. The third kappa shape index (κ3) is 9.35. The maximum atomic E-state index is 12.9. The molecule has 40 heavy (non-hydrogen) atoms. The number of esters is 2. The van der Waals surface area contributed by atoms with Crippen LogP contribution in [0.1, 0.15) is 138 Å². The molecule has 0 aromatic rings. The summed E-state index contributed by atoms with van der Waals surface area (Å²) in [5.41, 5.74) is -3.99. The highest BCUT2D eigenvalue weighted by molar-refractivity contribution is 5.77. The lowest BCUT2D eigenvalue weighted by atomic mass is 9.78. The summed E-state index contributed by atoms with van der Waals surface area (Å²) >= 11 is 0. The van der Waals surface area contributed by atoms with Crippen LogP contribution in [0, 0.1) is 28.6 Å². The van der Waals surface area contributed by atoms with Crippen LogP contribution < -0.4 is 0 Å². The molecule has 0 saturated heterocycles. The minimum Gasteiger partial charge on any atom is -0.469 e. The minimum absolute atomic E-state index is 0.0837.